The van der Waals surface area contributed by atoms with Crippen molar-refractivity contribution in [3.8, 4) is 6.07 Å². The van der Waals surface area contributed by atoms with Crippen molar-refractivity contribution in [3.05, 3.63) is 0 Å². The number of amides is 4. The Morgan fingerprint density at radius 2 is 2.04 bits per heavy atom. The summed E-state index contributed by atoms with van der Waals surface area (Å²) in [7, 11) is -4.85. The van der Waals surface area contributed by atoms with Gasteiger partial charge in [-0.25, -0.2) is 4.79 Å². The molecule has 0 spiro atoms. The van der Waals surface area contributed by atoms with Gasteiger partial charge in [0.05, 0.1) is 12.1 Å². The summed E-state index contributed by atoms with van der Waals surface area (Å²) >= 11 is 0. The molecule has 14 heteroatoms. The van der Waals surface area contributed by atoms with E-state index in [1.807, 2.05) is 5.43 Å². The van der Waals surface area contributed by atoms with Crippen LogP contribution in [0, 0.1) is 11.3 Å². The summed E-state index contributed by atoms with van der Waals surface area (Å²) < 4.78 is 34.4. The van der Waals surface area contributed by atoms with Crippen LogP contribution in [0.2, 0.25) is 0 Å². The number of rotatable bonds is 4. The van der Waals surface area contributed by atoms with Crippen LogP contribution in [0.15, 0.2) is 0 Å². The Morgan fingerprint density at radius 1 is 1.38 bits per heavy atom. The first-order valence-corrected chi connectivity index (χ1v) is 7.82. The zero-order valence-electron chi connectivity index (χ0n) is 12.6. The van der Waals surface area contributed by atoms with Crippen LogP contribution in [0.25, 0.3) is 0 Å². The fourth-order valence-corrected chi connectivity index (χ4v) is 2.82. The van der Waals surface area contributed by atoms with Crippen molar-refractivity contribution in [1.29, 1.82) is 5.26 Å². The van der Waals surface area contributed by atoms with Gasteiger partial charge in [-0.1, -0.05) is 0 Å². The second-order valence-corrected chi connectivity index (χ2v) is 5.89. The van der Waals surface area contributed by atoms with Gasteiger partial charge in [0.15, 0.2) is 0 Å². The summed E-state index contributed by atoms with van der Waals surface area (Å²) in [5, 5.41) is 8.84. The fraction of sp³-hybridized carbons (Fsp3) is 0.600. The Bertz CT molecular complexity index is 678. The maximum Gasteiger partial charge on any atom is 0.418 e. The van der Waals surface area contributed by atoms with Gasteiger partial charge in [-0.15, -0.1) is 4.28 Å². The summed E-state index contributed by atoms with van der Waals surface area (Å²) in [6.07, 6.45) is 0.0370. The van der Waals surface area contributed by atoms with Crippen LogP contribution in [0.1, 0.15) is 19.3 Å². The quantitative estimate of drug-likeness (QED) is 0.281. The standard InChI is InChI=1S/C10H13N5O7S.Na/c11-4-3-8(16)12-13-9(17)7-2-1-6-5-14(7)10(18)15(6)22-23(19,20)21;/h6-7H,1-3,5H2,(H,12,16)(H,13,17)(H,19,20,21);/t6-,7+;/m1./s1. The summed E-state index contributed by atoms with van der Waals surface area (Å²) in [6, 6.07) is -0.824. The Morgan fingerprint density at radius 3 is 2.62 bits per heavy atom. The van der Waals surface area contributed by atoms with Crippen LogP contribution in [0.5, 0.6) is 0 Å². The number of hydrazine groups is 1. The topological polar surface area (TPSA) is 169 Å². The van der Waals surface area contributed by atoms with Gasteiger partial charge in [0, 0.05) is 36.1 Å². The average Bonchev–Trinajstić information content (AvgIpc) is 2.69. The normalized spacial score (nSPS) is 22.4. The van der Waals surface area contributed by atoms with E-state index < -0.39 is 46.7 Å². The molecule has 1 radical (unpaired) electrons. The van der Waals surface area contributed by atoms with E-state index in [0.29, 0.717) is 5.06 Å². The number of hydrogen-bond donors (Lipinski definition) is 3. The molecule has 0 saturated carbocycles. The van der Waals surface area contributed by atoms with Crippen molar-refractivity contribution >= 4 is 57.8 Å². The number of nitriles is 1. The zero-order valence-corrected chi connectivity index (χ0v) is 15.4. The van der Waals surface area contributed by atoms with Crippen LogP contribution < -0.4 is 10.9 Å². The van der Waals surface area contributed by atoms with Gasteiger partial charge >= 0.3 is 16.4 Å². The molecular formula is C10H13N5NaO7S. The molecule has 0 aliphatic carbocycles. The number of urea groups is 1. The molecule has 0 unspecified atom stereocenters. The van der Waals surface area contributed by atoms with E-state index in [2.05, 4.69) is 9.71 Å². The molecule has 2 bridgehead atoms. The first-order valence-electron chi connectivity index (χ1n) is 6.45. The van der Waals surface area contributed by atoms with Crippen molar-refractivity contribution in [1.82, 2.24) is 20.8 Å². The Balaban J connectivity index is 0.00000288. The van der Waals surface area contributed by atoms with Crippen molar-refractivity contribution in [2.24, 2.45) is 0 Å². The van der Waals surface area contributed by atoms with Gasteiger partial charge < -0.3 is 4.90 Å². The van der Waals surface area contributed by atoms with Crippen molar-refractivity contribution < 1.29 is 31.6 Å². The molecular weight excluding hydrogens is 357 g/mol. The van der Waals surface area contributed by atoms with Gasteiger partial charge in [-0.2, -0.15) is 18.7 Å². The van der Waals surface area contributed by atoms with Crippen LogP contribution in [0.3, 0.4) is 0 Å². The molecule has 2 aliphatic rings. The predicted molar refractivity (Wildman–Crippen MR) is 75.7 cm³/mol. The van der Waals surface area contributed by atoms with E-state index in [-0.39, 0.29) is 48.9 Å². The molecule has 0 aromatic carbocycles. The van der Waals surface area contributed by atoms with Gasteiger partial charge in [0.25, 0.3) is 11.8 Å². The molecule has 2 fully saturated rings. The van der Waals surface area contributed by atoms with Crippen molar-refractivity contribution in [2.75, 3.05) is 6.54 Å². The molecule has 127 valence electrons. The van der Waals surface area contributed by atoms with E-state index in [4.69, 9.17) is 9.81 Å². The minimum absolute atomic E-state index is 0. The van der Waals surface area contributed by atoms with E-state index in [1.165, 1.54) is 0 Å². The number of fused-ring (bicyclic) bond motifs is 2. The molecule has 2 atom stereocenters. The number of piperidine rings is 1. The fourth-order valence-electron chi connectivity index (χ4n) is 2.43. The number of nitrogens with one attached hydrogen (secondary N) is 2. The van der Waals surface area contributed by atoms with E-state index in [9.17, 15) is 22.8 Å². The smallest absolute Gasteiger partial charge is 0.309 e. The summed E-state index contributed by atoms with van der Waals surface area (Å²) in [4.78, 5) is 36.2. The molecule has 2 aliphatic heterocycles. The molecule has 3 N–H and O–H groups in total. The second-order valence-electron chi connectivity index (χ2n) is 4.88. The molecule has 2 rings (SSSR count). The van der Waals surface area contributed by atoms with Crippen LogP contribution in [-0.2, 0) is 24.3 Å². The second kappa shape index (κ2) is 8.10. The number of hydroxylamine groups is 2. The predicted octanol–water partition coefficient (Wildman–Crippen LogP) is -2.33. The van der Waals surface area contributed by atoms with Gasteiger partial charge in [0.2, 0.25) is 0 Å². The Kier molecular flexibility index (Phi) is 6.96. The number of nitrogens with zero attached hydrogens (tertiary/aromatic N) is 3. The van der Waals surface area contributed by atoms with E-state index >= 15 is 0 Å². The summed E-state index contributed by atoms with van der Waals surface area (Å²) in [6.45, 7) is 0.0403. The van der Waals surface area contributed by atoms with Gasteiger partial charge in [-0.3, -0.25) is 25.0 Å². The third-order valence-electron chi connectivity index (χ3n) is 3.36. The third-order valence-corrected chi connectivity index (χ3v) is 3.71. The molecule has 12 nitrogen and oxygen atoms in total. The van der Waals surface area contributed by atoms with E-state index in [0.717, 1.165) is 4.90 Å². The number of carbonyl (C=O) groups is 3. The number of hydrogen-bond acceptors (Lipinski definition) is 7. The Hall–Kier alpha value is -1.43. The van der Waals surface area contributed by atoms with Gasteiger partial charge in [0.1, 0.15) is 12.5 Å². The van der Waals surface area contributed by atoms with E-state index in [1.54, 1.807) is 6.07 Å². The number of carbonyl (C=O) groups excluding carboxylic acids is 3. The first kappa shape index (κ1) is 20.6. The molecule has 0 aromatic rings. The minimum atomic E-state index is -4.85. The zero-order chi connectivity index (χ0) is 17.2. The molecule has 0 aromatic heterocycles. The van der Waals surface area contributed by atoms with Crippen LogP contribution in [0.4, 0.5) is 4.79 Å². The minimum Gasteiger partial charge on any atom is -0.309 e. The van der Waals surface area contributed by atoms with Crippen LogP contribution >= 0.6 is 0 Å². The maximum absolute atomic E-state index is 12.1. The first-order chi connectivity index (χ1) is 10.7. The monoisotopic (exact) mass is 370 g/mol. The van der Waals surface area contributed by atoms with Crippen molar-refractivity contribution in [3.63, 3.8) is 0 Å². The molecule has 4 amide bonds. The SMILES string of the molecule is N#CCC(=O)NNC(=O)[C@@H]1CC[C@@H]2CN1C(=O)N2OS(=O)(=O)O.[Na]. The van der Waals surface area contributed by atoms with Gasteiger partial charge in [-0.05, 0) is 12.8 Å². The van der Waals surface area contributed by atoms with Crippen LogP contribution in [-0.4, -0.2) is 89.0 Å². The molecule has 2 heterocycles. The summed E-state index contributed by atoms with van der Waals surface area (Å²) in [5.74, 6) is -1.39. The molecule has 24 heavy (non-hydrogen) atoms. The maximum atomic E-state index is 12.1. The molecule has 2 saturated heterocycles. The average molecular weight is 370 g/mol. The third kappa shape index (κ3) is 4.79. The van der Waals surface area contributed by atoms with Crippen molar-refractivity contribution in [2.45, 2.75) is 31.3 Å². The Labute approximate surface area is 159 Å². The summed E-state index contributed by atoms with van der Waals surface area (Å²) in [5.41, 5.74) is 4.12. The largest absolute Gasteiger partial charge is 0.418 e.